The lowest BCUT2D eigenvalue weighted by atomic mass is 10.2. The smallest absolute Gasteiger partial charge is 0.191 e. The summed E-state index contributed by atoms with van der Waals surface area (Å²) < 4.78 is 16.5. The van der Waals surface area contributed by atoms with E-state index in [9.17, 15) is 0 Å². The van der Waals surface area contributed by atoms with Crippen molar-refractivity contribution < 1.29 is 14.2 Å². The molecule has 1 aromatic rings. The quantitative estimate of drug-likeness (QED) is 0.505. The van der Waals surface area contributed by atoms with Crippen LogP contribution in [0.5, 0.6) is 5.75 Å². The lowest BCUT2D eigenvalue weighted by molar-refractivity contribution is 0.0322. The number of ether oxygens (including phenoxy) is 3. The first-order valence-electron chi connectivity index (χ1n) is 9.20. The van der Waals surface area contributed by atoms with Crippen LogP contribution >= 0.6 is 0 Å². The minimum Gasteiger partial charge on any atom is -0.492 e. The number of methoxy groups -OCH3 is 1. The van der Waals surface area contributed by atoms with Gasteiger partial charge in [-0.15, -0.1) is 0 Å². The first kappa shape index (κ1) is 20.5. The Morgan fingerprint density at radius 3 is 2.81 bits per heavy atom. The SMILES string of the molecule is CN=C(NCc1ccccc1OCCN1CCOCC1)NC(C)COC. The van der Waals surface area contributed by atoms with Gasteiger partial charge >= 0.3 is 0 Å². The molecule has 2 N–H and O–H groups in total. The van der Waals surface area contributed by atoms with Gasteiger partial charge in [0.25, 0.3) is 0 Å². The van der Waals surface area contributed by atoms with Crippen LogP contribution in [0.2, 0.25) is 0 Å². The average molecular weight is 364 g/mol. The van der Waals surface area contributed by atoms with Gasteiger partial charge in [0, 0.05) is 51.9 Å². The van der Waals surface area contributed by atoms with Crippen molar-refractivity contribution in [3.63, 3.8) is 0 Å². The Balaban J connectivity index is 1.81. The molecule has 0 aliphatic carbocycles. The Morgan fingerprint density at radius 2 is 2.08 bits per heavy atom. The van der Waals surface area contributed by atoms with E-state index >= 15 is 0 Å². The zero-order valence-corrected chi connectivity index (χ0v) is 16.2. The molecule has 1 fully saturated rings. The Bertz CT molecular complexity index is 547. The number of nitrogens with zero attached hydrogens (tertiary/aromatic N) is 2. The second-order valence-electron chi connectivity index (χ2n) is 6.34. The molecule has 0 aromatic heterocycles. The van der Waals surface area contributed by atoms with Gasteiger partial charge in [-0.25, -0.2) is 0 Å². The van der Waals surface area contributed by atoms with E-state index in [-0.39, 0.29) is 6.04 Å². The molecule has 1 unspecified atom stereocenters. The first-order valence-corrected chi connectivity index (χ1v) is 9.20. The predicted molar refractivity (Wildman–Crippen MR) is 104 cm³/mol. The van der Waals surface area contributed by atoms with Crippen LogP contribution in [-0.2, 0) is 16.0 Å². The fourth-order valence-electron chi connectivity index (χ4n) is 2.80. The molecule has 146 valence electrons. The molecule has 0 bridgehead atoms. The van der Waals surface area contributed by atoms with Crippen molar-refractivity contribution in [2.75, 3.05) is 60.2 Å². The topological polar surface area (TPSA) is 67.4 Å². The fraction of sp³-hybridized carbons (Fsp3) is 0.632. The van der Waals surface area contributed by atoms with Gasteiger partial charge in [-0.05, 0) is 13.0 Å². The zero-order valence-electron chi connectivity index (χ0n) is 16.2. The second kappa shape index (κ2) is 11.7. The second-order valence-corrected chi connectivity index (χ2v) is 6.34. The van der Waals surface area contributed by atoms with Gasteiger partial charge in [-0.2, -0.15) is 0 Å². The van der Waals surface area contributed by atoms with Crippen LogP contribution < -0.4 is 15.4 Å². The lowest BCUT2D eigenvalue weighted by Gasteiger charge is -2.26. The van der Waals surface area contributed by atoms with Crippen molar-refractivity contribution in [1.82, 2.24) is 15.5 Å². The summed E-state index contributed by atoms with van der Waals surface area (Å²) in [4.78, 5) is 6.63. The average Bonchev–Trinajstić information content (AvgIpc) is 2.67. The Hall–Kier alpha value is -1.83. The number of morpholine rings is 1. The third-order valence-corrected chi connectivity index (χ3v) is 4.21. The number of rotatable bonds is 9. The number of nitrogens with one attached hydrogen (secondary N) is 2. The van der Waals surface area contributed by atoms with Crippen LogP contribution in [0, 0.1) is 0 Å². The molecule has 0 amide bonds. The van der Waals surface area contributed by atoms with Crippen molar-refractivity contribution >= 4 is 5.96 Å². The molecule has 2 rings (SSSR count). The van der Waals surface area contributed by atoms with E-state index in [4.69, 9.17) is 14.2 Å². The first-order chi connectivity index (χ1) is 12.7. The van der Waals surface area contributed by atoms with Crippen LogP contribution in [-0.4, -0.2) is 77.1 Å². The molecule has 1 atom stereocenters. The number of para-hydroxylation sites is 1. The molecule has 7 heteroatoms. The normalized spacial score (nSPS) is 17.0. The molecule has 1 aliphatic rings. The lowest BCUT2D eigenvalue weighted by Crippen LogP contribution is -2.43. The monoisotopic (exact) mass is 364 g/mol. The van der Waals surface area contributed by atoms with Crippen molar-refractivity contribution in [3.05, 3.63) is 29.8 Å². The van der Waals surface area contributed by atoms with Crippen molar-refractivity contribution in [1.29, 1.82) is 0 Å². The molecule has 7 nitrogen and oxygen atoms in total. The summed E-state index contributed by atoms with van der Waals surface area (Å²) in [6.07, 6.45) is 0. The molecule has 26 heavy (non-hydrogen) atoms. The minimum atomic E-state index is 0.186. The molecular formula is C19H32N4O3. The molecule has 1 aliphatic heterocycles. The standard InChI is InChI=1S/C19H32N4O3/c1-16(15-24-3)22-19(20-2)21-14-17-6-4-5-7-18(17)26-13-10-23-8-11-25-12-9-23/h4-7,16H,8-15H2,1-3H3,(H2,20,21,22). The van der Waals surface area contributed by atoms with E-state index < -0.39 is 0 Å². The van der Waals surface area contributed by atoms with Gasteiger partial charge in [-0.1, -0.05) is 18.2 Å². The highest BCUT2D eigenvalue weighted by molar-refractivity contribution is 5.80. The summed E-state index contributed by atoms with van der Waals surface area (Å²) in [5.74, 6) is 1.66. The maximum atomic E-state index is 6.02. The Morgan fingerprint density at radius 1 is 1.31 bits per heavy atom. The highest BCUT2D eigenvalue weighted by Crippen LogP contribution is 2.17. The number of guanidine groups is 1. The van der Waals surface area contributed by atoms with Crippen LogP contribution in [0.3, 0.4) is 0 Å². The largest absolute Gasteiger partial charge is 0.492 e. The van der Waals surface area contributed by atoms with Gasteiger partial charge in [0.15, 0.2) is 5.96 Å². The summed E-state index contributed by atoms with van der Waals surface area (Å²) in [7, 11) is 3.46. The number of aliphatic imine (C=N–C) groups is 1. The summed E-state index contributed by atoms with van der Waals surface area (Å²) in [5, 5.41) is 6.63. The third kappa shape index (κ3) is 7.19. The molecule has 0 saturated carbocycles. The highest BCUT2D eigenvalue weighted by atomic mass is 16.5. The minimum absolute atomic E-state index is 0.186. The fourth-order valence-corrected chi connectivity index (χ4v) is 2.80. The van der Waals surface area contributed by atoms with Crippen molar-refractivity contribution in [2.45, 2.75) is 19.5 Å². The molecule has 1 aromatic carbocycles. The maximum absolute atomic E-state index is 6.02. The number of hydrogen-bond donors (Lipinski definition) is 2. The van der Waals surface area contributed by atoms with Crippen LogP contribution in [0.15, 0.2) is 29.3 Å². The van der Waals surface area contributed by atoms with Crippen molar-refractivity contribution in [2.24, 2.45) is 4.99 Å². The molecule has 1 saturated heterocycles. The van der Waals surface area contributed by atoms with Gasteiger partial charge in [0.05, 0.1) is 19.8 Å². The molecule has 1 heterocycles. The van der Waals surface area contributed by atoms with E-state index in [1.54, 1.807) is 14.2 Å². The molecular weight excluding hydrogens is 332 g/mol. The van der Waals surface area contributed by atoms with Gasteiger partial charge in [0.1, 0.15) is 12.4 Å². The summed E-state index contributed by atoms with van der Waals surface area (Å²) in [6.45, 7) is 8.51. The van der Waals surface area contributed by atoms with E-state index in [2.05, 4.69) is 33.5 Å². The third-order valence-electron chi connectivity index (χ3n) is 4.21. The van der Waals surface area contributed by atoms with E-state index in [1.165, 1.54) is 0 Å². The summed E-state index contributed by atoms with van der Waals surface area (Å²) in [6, 6.07) is 8.30. The maximum Gasteiger partial charge on any atom is 0.191 e. The number of benzene rings is 1. The van der Waals surface area contributed by atoms with E-state index in [1.807, 2.05) is 18.2 Å². The zero-order chi connectivity index (χ0) is 18.6. The summed E-state index contributed by atoms with van der Waals surface area (Å²) in [5.41, 5.74) is 1.11. The predicted octanol–water partition coefficient (Wildman–Crippen LogP) is 1.10. The Kier molecular flexibility index (Phi) is 9.23. The van der Waals surface area contributed by atoms with Crippen LogP contribution in [0.25, 0.3) is 0 Å². The molecule has 0 spiro atoms. The Labute approximate surface area is 156 Å². The van der Waals surface area contributed by atoms with Gasteiger partial charge in [0.2, 0.25) is 0 Å². The van der Waals surface area contributed by atoms with Crippen LogP contribution in [0.4, 0.5) is 0 Å². The van der Waals surface area contributed by atoms with E-state index in [0.29, 0.717) is 19.8 Å². The van der Waals surface area contributed by atoms with Gasteiger partial charge < -0.3 is 24.8 Å². The number of hydrogen-bond acceptors (Lipinski definition) is 5. The highest BCUT2D eigenvalue weighted by Gasteiger charge is 2.11. The van der Waals surface area contributed by atoms with E-state index in [0.717, 1.165) is 50.1 Å². The summed E-state index contributed by atoms with van der Waals surface area (Å²) >= 11 is 0. The van der Waals surface area contributed by atoms with Gasteiger partial charge in [-0.3, -0.25) is 9.89 Å². The van der Waals surface area contributed by atoms with Crippen molar-refractivity contribution in [3.8, 4) is 5.75 Å². The molecule has 0 radical (unpaired) electrons. The van der Waals surface area contributed by atoms with Crippen LogP contribution in [0.1, 0.15) is 12.5 Å².